The van der Waals surface area contributed by atoms with Gasteiger partial charge in [-0.25, -0.2) is 0 Å². The lowest BCUT2D eigenvalue weighted by atomic mass is 10.6. The van der Waals surface area contributed by atoms with E-state index >= 15 is 0 Å². The highest BCUT2D eigenvalue weighted by molar-refractivity contribution is 6.23. The minimum atomic E-state index is -0.500. The van der Waals surface area contributed by atoms with E-state index in [0.717, 1.165) is 0 Å². The molecule has 1 amide bonds. The van der Waals surface area contributed by atoms with Crippen molar-refractivity contribution in [3.05, 3.63) is 0 Å². The van der Waals surface area contributed by atoms with Crippen LogP contribution in [0.25, 0.3) is 0 Å². The number of nitrogens with zero attached hydrogens (tertiary/aromatic N) is 1. The Labute approximate surface area is 41.9 Å². The predicted octanol–water partition coefficient (Wildman–Crippen LogP) is -0.727. The van der Waals surface area contributed by atoms with E-state index < -0.39 is 5.91 Å². The van der Waals surface area contributed by atoms with Crippen molar-refractivity contribution in [1.29, 1.82) is 0 Å². The molecule has 0 aromatic rings. The topological polar surface area (TPSA) is 37.4 Å². The third kappa shape index (κ3) is 1.92. The van der Waals surface area contributed by atoms with Crippen LogP contribution in [0.5, 0.6) is 0 Å². The van der Waals surface area contributed by atoms with Gasteiger partial charge in [0.05, 0.1) is 0 Å². The number of amides is 1. The summed E-state index contributed by atoms with van der Waals surface area (Å²) < 4.78 is 0. The van der Waals surface area contributed by atoms with Crippen molar-refractivity contribution in [2.45, 2.75) is 0 Å². The summed E-state index contributed by atoms with van der Waals surface area (Å²) in [6.45, 7) is 0. The van der Waals surface area contributed by atoms with Crippen molar-refractivity contribution in [2.24, 2.45) is 0 Å². The largest absolute Gasteiger partial charge is 0.342 e. The van der Waals surface area contributed by atoms with Gasteiger partial charge in [-0.1, -0.05) is 0 Å². The number of hydrogen-bond acceptors (Lipinski definition) is 2. The predicted molar refractivity (Wildman–Crippen MR) is 24.8 cm³/mol. The standard InChI is InChI=1S/C4H7NO2/c1-5(2)4(7)3-6/h3H,1-2H3. The van der Waals surface area contributed by atoms with Crippen molar-refractivity contribution in [3.8, 4) is 0 Å². The smallest absolute Gasteiger partial charge is 0.286 e. The fraction of sp³-hybridized carbons (Fsp3) is 0.500. The first-order valence-electron chi connectivity index (χ1n) is 1.85. The fourth-order valence-corrected chi connectivity index (χ4v) is 0.105. The second-order valence-corrected chi connectivity index (χ2v) is 1.35. The summed E-state index contributed by atoms with van der Waals surface area (Å²) in [5.74, 6) is -0.500. The van der Waals surface area contributed by atoms with E-state index in [1.807, 2.05) is 0 Å². The Morgan fingerprint density at radius 1 is 1.57 bits per heavy atom. The third-order valence-electron chi connectivity index (χ3n) is 0.542. The Kier molecular flexibility index (Phi) is 2.05. The van der Waals surface area contributed by atoms with Gasteiger partial charge in [0, 0.05) is 14.1 Å². The minimum absolute atomic E-state index is 0.278. The molecule has 0 rings (SSSR count). The summed E-state index contributed by atoms with van der Waals surface area (Å²) in [6, 6.07) is 0. The monoisotopic (exact) mass is 101 g/mol. The summed E-state index contributed by atoms with van der Waals surface area (Å²) in [5.41, 5.74) is 0. The molecule has 0 bridgehead atoms. The highest BCUT2D eigenvalue weighted by Gasteiger charge is 1.96. The second-order valence-electron chi connectivity index (χ2n) is 1.35. The maximum atomic E-state index is 10.1. The number of hydrogen-bond donors (Lipinski definition) is 0. The van der Waals surface area contributed by atoms with E-state index in [4.69, 9.17) is 0 Å². The Balaban J connectivity index is 3.56. The number of carbonyl (C=O) groups excluding carboxylic acids is 2. The average molecular weight is 101 g/mol. The quantitative estimate of drug-likeness (QED) is 0.322. The summed E-state index contributed by atoms with van der Waals surface area (Å²) in [5, 5.41) is 0. The summed E-state index contributed by atoms with van der Waals surface area (Å²) >= 11 is 0. The zero-order valence-corrected chi connectivity index (χ0v) is 4.34. The molecular formula is C4H7NO2. The van der Waals surface area contributed by atoms with Gasteiger partial charge in [0.25, 0.3) is 5.91 Å². The highest BCUT2D eigenvalue weighted by Crippen LogP contribution is 1.68. The number of carbonyl (C=O) groups is 2. The van der Waals surface area contributed by atoms with E-state index in [9.17, 15) is 9.59 Å². The average Bonchev–Trinajstić information content (AvgIpc) is 1.65. The van der Waals surface area contributed by atoms with Crippen molar-refractivity contribution in [2.75, 3.05) is 14.1 Å². The van der Waals surface area contributed by atoms with Crippen LogP contribution in [0.15, 0.2) is 0 Å². The molecule has 0 fully saturated rings. The van der Waals surface area contributed by atoms with Crippen LogP contribution in [0.2, 0.25) is 0 Å². The van der Waals surface area contributed by atoms with Crippen molar-refractivity contribution in [3.63, 3.8) is 0 Å². The molecule has 0 aliphatic rings. The lowest BCUT2D eigenvalue weighted by Gasteiger charge is -2.01. The van der Waals surface area contributed by atoms with Crippen LogP contribution in [-0.2, 0) is 9.59 Å². The zero-order valence-electron chi connectivity index (χ0n) is 4.34. The van der Waals surface area contributed by atoms with E-state index in [2.05, 4.69) is 0 Å². The van der Waals surface area contributed by atoms with E-state index in [1.165, 1.54) is 19.0 Å². The molecule has 0 N–H and O–H groups in total. The first-order valence-corrected chi connectivity index (χ1v) is 1.85. The third-order valence-corrected chi connectivity index (χ3v) is 0.542. The first-order chi connectivity index (χ1) is 3.18. The summed E-state index contributed by atoms with van der Waals surface area (Å²) in [6.07, 6.45) is 0.278. The van der Waals surface area contributed by atoms with E-state index in [1.54, 1.807) is 0 Å². The highest BCUT2D eigenvalue weighted by atomic mass is 16.2. The maximum absolute atomic E-state index is 10.1. The molecule has 0 saturated heterocycles. The SMILES string of the molecule is CN(C)C(=O)C=O. The number of rotatable bonds is 1. The molecule has 0 saturated carbocycles. The second kappa shape index (κ2) is 2.34. The van der Waals surface area contributed by atoms with Gasteiger partial charge >= 0.3 is 0 Å². The lowest BCUT2D eigenvalue weighted by Crippen LogP contribution is -2.22. The van der Waals surface area contributed by atoms with Crippen molar-refractivity contribution >= 4 is 12.2 Å². The van der Waals surface area contributed by atoms with Crippen LogP contribution in [0.3, 0.4) is 0 Å². The zero-order chi connectivity index (χ0) is 5.86. The molecule has 0 heterocycles. The van der Waals surface area contributed by atoms with Crippen molar-refractivity contribution in [1.82, 2.24) is 4.90 Å². The van der Waals surface area contributed by atoms with Gasteiger partial charge in [-0.2, -0.15) is 0 Å². The van der Waals surface area contributed by atoms with Gasteiger partial charge in [-0.15, -0.1) is 0 Å². The molecule has 0 aliphatic heterocycles. The van der Waals surface area contributed by atoms with Gasteiger partial charge in [-0.05, 0) is 0 Å². The molecule has 0 aliphatic carbocycles. The van der Waals surface area contributed by atoms with Crippen LogP contribution >= 0.6 is 0 Å². The summed E-state index contributed by atoms with van der Waals surface area (Å²) in [7, 11) is 3.05. The van der Waals surface area contributed by atoms with Gasteiger partial charge in [0.2, 0.25) is 6.29 Å². The fourth-order valence-electron chi connectivity index (χ4n) is 0.105. The van der Waals surface area contributed by atoms with Crippen LogP contribution in [0, 0.1) is 0 Å². The normalized spacial score (nSPS) is 7.71. The number of likely N-dealkylation sites (N-methyl/N-ethyl adjacent to an activating group) is 1. The van der Waals surface area contributed by atoms with Crippen molar-refractivity contribution < 1.29 is 9.59 Å². The summed E-state index contributed by atoms with van der Waals surface area (Å²) in [4.78, 5) is 20.8. The molecule has 0 unspecified atom stereocenters. The van der Waals surface area contributed by atoms with E-state index in [0.29, 0.717) is 0 Å². The molecular weight excluding hydrogens is 94.0 g/mol. The Morgan fingerprint density at radius 3 is 2.00 bits per heavy atom. The van der Waals surface area contributed by atoms with E-state index in [-0.39, 0.29) is 6.29 Å². The molecule has 0 radical (unpaired) electrons. The van der Waals surface area contributed by atoms with Gasteiger partial charge < -0.3 is 4.90 Å². The molecule has 0 aromatic carbocycles. The molecule has 7 heavy (non-hydrogen) atoms. The molecule has 3 heteroatoms. The van der Waals surface area contributed by atoms with Crippen LogP contribution in [0.4, 0.5) is 0 Å². The molecule has 0 atom stereocenters. The molecule has 40 valence electrons. The first kappa shape index (κ1) is 6.14. The van der Waals surface area contributed by atoms with Gasteiger partial charge in [-0.3, -0.25) is 9.59 Å². The Hall–Kier alpha value is -0.860. The Bertz CT molecular complexity index is 87.7. The Morgan fingerprint density at radius 2 is 2.00 bits per heavy atom. The van der Waals surface area contributed by atoms with Crippen LogP contribution in [-0.4, -0.2) is 31.2 Å². The molecule has 0 aromatic heterocycles. The number of aldehydes is 1. The molecule has 3 nitrogen and oxygen atoms in total. The van der Waals surface area contributed by atoms with Gasteiger partial charge in [0.15, 0.2) is 0 Å². The minimum Gasteiger partial charge on any atom is -0.342 e. The lowest BCUT2D eigenvalue weighted by molar-refractivity contribution is -0.136. The maximum Gasteiger partial charge on any atom is 0.286 e. The van der Waals surface area contributed by atoms with Crippen LogP contribution in [0.1, 0.15) is 0 Å². The van der Waals surface area contributed by atoms with Crippen LogP contribution < -0.4 is 0 Å². The van der Waals surface area contributed by atoms with Gasteiger partial charge in [0.1, 0.15) is 0 Å². The molecule has 0 spiro atoms.